The zero-order chi connectivity index (χ0) is 13.2. The minimum absolute atomic E-state index is 0.411. The molecule has 3 rings (SSSR count). The summed E-state index contributed by atoms with van der Waals surface area (Å²) in [7, 11) is 0. The minimum Gasteiger partial charge on any atom is -0.292 e. The molecule has 0 aliphatic rings. The van der Waals surface area contributed by atoms with Crippen molar-refractivity contribution in [2.45, 2.75) is 0 Å². The molecule has 1 aromatic heterocycles. The summed E-state index contributed by atoms with van der Waals surface area (Å²) in [4.78, 5) is 8.82. The fourth-order valence-electron chi connectivity index (χ4n) is 1.98. The number of hydrazine groups is 1. The van der Waals surface area contributed by atoms with Gasteiger partial charge in [-0.05, 0) is 18.2 Å². The van der Waals surface area contributed by atoms with Gasteiger partial charge in [-0.3, -0.25) is 5.43 Å². The Hall–Kier alpha value is -1.98. The summed E-state index contributed by atoms with van der Waals surface area (Å²) in [5.41, 5.74) is 5.25. The number of aromatic nitrogens is 2. The van der Waals surface area contributed by atoms with Crippen molar-refractivity contribution in [3.05, 3.63) is 53.0 Å². The zero-order valence-electron chi connectivity index (χ0n) is 9.97. The Labute approximate surface area is 118 Å². The van der Waals surface area contributed by atoms with Gasteiger partial charge in [-0.2, -0.15) is 0 Å². The summed E-state index contributed by atoms with van der Waals surface area (Å²) in [6.45, 7) is 0. The molecular formula is C14H11BrN4. The molecule has 94 valence electrons. The predicted octanol–water partition coefficient (Wildman–Crippen LogP) is 3.34. The monoisotopic (exact) mass is 314 g/mol. The summed E-state index contributed by atoms with van der Waals surface area (Å²) in [5.74, 6) is 5.84. The first-order valence-electron chi connectivity index (χ1n) is 5.77. The number of nitrogens with one attached hydrogen (secondary N) is 1. The maximum absolute atomic E-state index is 5.43. The molecule has 0 bridgehead atoms. The van der Waals surface area contributed by atoms with Crippen LogP contribution in [-0.4, -0.2) is 9.97 Å². The van der Waals surface area contributed by atoms with Gasteiger partial charge in [-0.1, -0.05) is 46.3 Å². The van der Waals surface area contributed by atoms with Crippen LogP contribution in [0.1, 0.15) is 0 Å². The van der Waals surface area contributed by atoms with E-state index in [4.69, 9.17) is 5.84 Å². The summed E-state index contributed by atoms with van der Waals surface area (Å²) in [6.07, 6.45) is 0. The van der Waals surface area contributed by atoms with E-state index in [2.05, 4.69) is 31.3 Å². The third kappa shape index (κ3) is 2.30. The van der Waals surface area contributed by atoms with Crippen LogP contribution in [0.2, 0.25) is 0 Å². The highest BCUT2D eigenvalue weighted by Crippen LogP contribution is 2.29. The number of hydrogen-bond donors (Lipinski definition) is 2. The minimum atomic E-state index is 0.411. The summed E-state index contributed by atoms with van der Waals surface area (Å²) in [6, 6.07) is 15.9. The molecular weight excluding hydrogens is 304 g/mol. The van der Waals surface area contributed by atoms with Crippen LogP contribution in [0.25, 0.3) is 22.2 Å². The molecule has 5 heteroatoms. The lowest BCUT2D eigenvalue weighted by Crippen LogP contribution is -2.11. The van der Waals surface area contributed by atoms with Crippen molar-refractivity contribution in [2.24, 2.45) is 5.84 Å². The smallest absolute Gasteiger partial charge is 0.238 e. The van der Waals surface area contributed by atoms with Crippen LogP contribution in [0.5, 0.6) is 0 Å². The molecule has 0 saturated heterocycles. The average molecular weight is 315 g/mol. The first-order chi connectivity index (χ1) is 9.28. The number of fused-ring (bicyclic) bond motifs is 1. The van der Waals surface area contributed by atoms with Gasteiger partial charge in [-0.25, -0.2) is 15.8 Å². The fraction of sp³-hybridized carbons (Fsp3) is 0. The van der Waals surface area contributed by atoms with Crippen LogP contribution in [-0.2, 0) is 0 Å². The number of benzene rings is 2. The highest BCUT2D eigenvalue weighted by molar-refractivity contribution is 9.10. The molecule has 1 heterocycles. The Bertz CT molecular complexity index is 728. The first kappa shape index (κ1) is 12.1. The molecule has 0 saturated carbocycles. The molecule has 0 fully saturated rings. The van der Waals surface area contributed by atoms with Crippen molar-refractivity contribution in [3.63, 3.8) is 0 Å². The van der Waals surface area contributed by atoms with Gasteiger partial charge >= 0.3 is 0 Å². The fourth-order valence-corrected chi connectivity index (χ4v) is 2.34. The second-order valence-corrected chi connectivity index (χ2v) is 4.98. The normalized spacial score (nSPS) is 10.6. The lowest BCUT2D eigenvalue weighted by Gasteiger charge is -2.08. The van der Waals surface area contributed by atoms with Gasteiger partial charge in [0.15, 0.2) is 0 Å². The van der Waals surface area contributed by atoms with Crippen molar-refractivity contribution < 1.29 is 0 Å². The van der Waals surface area contributed by atoms with Crippen LogP contribution >= 0.6 is 15.9 Å². The quantitative estimate of drug-likeness (QED) is 0.562. The highest BCUT2D eigenvalue weighted by Gasteiger charge is 2.09. The van der Waals surface area contributed by atoms with E-state index in [1.54, 1.807) is 0 Å². The Morgan fingerprint density at radius 3 is 2.53 bits per heavy atom. The van der Waals surface area contributed by atoms with E-state index in [0.717, 1.165) is 26.6 Å². The van der Waals surface area contributed by atoms with Crippen molar-refractivity contribution >= 4 is 32.8 Å². The number of nitrogens with two attached hydrogens (primary N) is 1. The molecule has 0 aliphatic heterocycles. The van der Waals surface area contributed by atoms with Crippen molar-refractivity contribution in [1.29, 1.82) is 0 Å². The van der Waals surface area contributed by atoms with Gasteiger partial charge in [0.1, 0.15) is 0 Å². The molecule has 0 spiro atoms. The van der Waals surface area contributed by atoms with Crippen LogP contribution in [0.15, 0.2) is 53.0 Å². The van der Waals surface area contributed by atoms with Gasteiger partial charge in [0.2, 0.25) is 5.95 Å². The van der Waals surface area contributed by atoms with Crippen molar-refractivity contribution in [3.8, 4) is 11.3 Å². The zero-order valence-corrected chi connectivity index (χ0v) is 11.6. The second kappa shape index (κ2) is 4.95. The van der Waals surface area contributed by atoms with Crippen LogP contribution in [0.3, 0.4) is 0 Å². The summed E-state index contributed by atoms with van der Waals surface area (Å²) < 4.78 is 0.995. The van der Waals surface area contributed by atoms with E-state index in [-0.39, 0.29) is 0 Å². The van der Waals surface area contributed by atoms with E-state index < -0.39 is 0 Å². The molecule has 4 nitrogen and oxygen atoms in total. The van der Waals surface area contributed by atoms with Gasteiger partial charge in [0.25, 0.3) is 0 Å². The Kier molecular flexibility index (Phi) is 3.15. The second-order valence-electron chi connectivity index (χ2n) is 4.07. The number of hydrogen-bond acceptors (Lipinski definition) is 4. The van der Waals surface area contributed by atoms with Crippen molar-refractivity contribution in [2.75, 3.05) is 5.43 Å². The first-order valence-corrected chi connectivity index (χ1v) is 6.56. The Morgan fingerprint density at radius 1 is 1.00 bits per heavy atom. The topological polar surface area (TPSA) is 63.8 Å². The Morgan fingerprint density at radius 2 is 1.79 bits per heavy atom. The van der Waals surface area contributed by atoms with Crippen molar-refractivity contribution in [1.82, 2.24) is 9.97 Å². The summed E-state index contributed by atoms with van der Waals surface area (Å²) in [5, 5.41) is 0.986. The standard InChI is InChI=1S/C14H11BrN4/c15-10-6-7-12-11(8-10)13(18-14(17-12)19-16)9-4-2-1-3-5-9/h1-8H,16H2,(H,17,18,19). The van der Waals surface area contributed by atoms with E-state index in [0.29, 0.717) is 5.95 Å². The summed E-state index contributed by atoms with van der Waals surface area (Å²) >= 11 is 3.48. The third-order valence-electron chi connectivity index (χ3n) is 2.83. The lowest BCUT2D eigenvalue weighted by molar-refractivity contribution is 1.15. The number of rotatable bonds is 2. The van der Waals surface area contributed by atoms with E-state index >= 15 is 0 Å². The molecule has 0 radical (unpaired) electrons. The van der Waals surface area contributed by atoms with Gasteiger partial charge < -0.3 is 0 Å². The average Bonchev–Trinajstić information content (AvgIpc) is 2.47. The third-order valence-corrected chi connectivity index (χ3v) is 3.33. The predicted molar refractivity (Wildman–Crippen MR) is 80.5 cm³/mol. The van der Waals surface area contributed by atoms with Crippen LogP contribution in [0.4, 0.5) is 5.95 Å². The number of anilines is 1. The molecule has 0 atom stereocenters. The molecule has 0 unspecified atom stereocenters. The van der Waals surface area contributed by atoms with Gasteiger partial charge in [0, 0.05) is 15.4 Å². The molecule has 0 aliphatic carbocycles. The van der Waals surface area contributed by atoms with Gasteiger partial charge in [-0.15, -0.1) is 0 Å². The van der Waals surface area contributed by atoms with E-state index in [1.807, 2.05) is 48.5 Å². The Balaban J connectivity index is 2.35. The molecule has 3 N–H and O–H groups in total. The van der Waals surface area contributed by atoms with E-state index in [9.17, 15) is 0 Å². The molecule has 2 aromatic carbocycles. The number of nitrogen functional groups attached to an aromatic ring is 1. The molecule has 3 aromatic rings. The molecule has 19 heavy (non-hydrogen) atoms. The van der Waals surface area contributed by atoms with Gasteiger partial charge in [0.05, 0.1) is 11.2 Å². The largest absolute Gasteiger partial charge is 0.292 e. The molecule has 0 amide bonds. The van der Waals surface area contributed by atoms with E-state index in [1.165, 1.54) is 0 Å². The van der Waals surface area contributed by atoms with Crippen LogP contribution in [0, 0.1) is 0 Å². The highest BCUT2D eigenvalue weighted by atomic mass is 79.9. The lowest BCUT2D eigenvalue weighted by atomic mass is 10.1. The maximum atomic E-state index is 5.43. The number of halogens is 1. The number of nitrogens with zero attached hydrogens (tertiary/aromatic N) is 2. The SMILES string of the molecule is NNc1nc(-c2ccccc2)c2cc(Br)ccc2n1. The van der Waals surface area contributed by atoms with Crippen LogP contribution < -0.4 is 11.3 Å². The maximum Gasteiger partial charge on any atom is 0.238 e.